The van der Waals surface area contributed by atoms with Crippen molar-refractivity contribution in [2.24, 2.45) is 0 Å². The van der Waals surface area contributed by atoms with Gasteiger partial charge >= 0.3 is 0 Å². The molecule has 1 saturated heterocycles. The van der Waals surface area contributed by atoms with Crippen molar-refractivity contribution >= 4 is 16.9 Å². The van der Waals surface area contributed by atoms with E-state index in [-0.39, 0.29) is 24.0 Å². The highest BCUT2D eigenvalue weighted by atomic mass is 19.1. The Morgan fingerprint density at radius 1 is 1.42 bits per heavy atom. The molecule has 8 nitrogen and oxygen atoms in total. The number of nitrogens with zero attached hydrogens (tertiary/aromatic N) is 4. The van der Waals surface area contributed by atoms with Crippen LogP contribution in [0.1, 0.15) is 47.9 Å². The zero-order chi connectivity index (χ0) is 18.3. The van der Waals surface area contributed by atoms with Crippen LogP contribution in [-0.4, -0.2) is 50.7 Å². The molecular weight excluding hydrogens is 341 g/mol. The highest BCUT2D eigenvalue weighted by Gasteiger charge is 2.34. The van der Waals surface area contributed by atoms with Gasteiger partial charge in [-0.3, -0.25) is 4.79 Å². The molecule has 0 radical (unpaired) electrons. The number of amides is 1. The monoisotopic (exact) mass is 359 g/mol. The Hall–Kier alpha value is -2.81. The standard InChI is InChI=1S/C17H18FN5O3/c1-9(2)16-21-15(22-26-16)13-7-25-4-3-23(13)17(24)11-5-10(18)6-12-14(11)20-8-19-12/h5-6,8-9,13H,3-4,7H2,1-2H3,(H,19,20)/t13-/m0/s1. The second-order valence-corrected chi connectivity index (χ2v) is 6.49. The maximum Gasteiger partial charge on any atom is 0.257 e. The fraction of sp³-hybridized carbons (Fsp3) is 0.412. The maximum atomic E-state index is 13.9. The van der Waals surface area contributed by atoms with E-state index in [1.807, 2.05) is 13.8 Å². The largest absolute Gasteiger partial charge is 0.377 e. The molecule has 2 aromatic heterocycles. The molecule has 0 aliphatic carbocycles. The number of carbonyl (C=O) groups is 1. The first-order chi connectivity index (χ1) is 12.5. The molecule has 3 heterocycles. The van der Waals surface area contributed by atoms with Crippen molar-refractivity contribution in [3.8, 4) is 0 Å². The van der Waals surface area contributed by atoms with Crippen LogP contribution < -0.4 is 0 Å². The Balaban J connectivity index is 1.71. The topological polar surface area (TPSA) is 97.1 Å². The fourth-order valence-corrected chi connectivity index (χ4v) is 3.01. The van der Waals surface area contributed by atoms with Gasteiger partial charge < -0.3 is 19.1 Å². The number of morpholine rings is 1. The summed E-state index contributed by atoms with van der Waals surface area (Å²) >= 11 is 0. The number of aromatic nitrogens is 4. The molecular formula is C17H18FN5O3. The van der Waals surface area contributed by atoms with E-state index >= 15 is 0 Å². The lowest BCUT2D eigenvalue weighted by atomic mass is 10.1. The fourth-order valence-electron chi connectivity index (χ4n) is 3.01. The molecule has 1 aliphatic heterocycles. The van der Waals surface area contributed by atoms with Crippen molar-refractivity contribution in [1.29, 1.82) is 0 Å². The molecule has 1 aromatic carbocycles. The van der Waals surface area contributed by atoms with Gasteiger partial charge in [0.1, 0.15) is 17.4 Å². The number of imidazole rings is 1. The zero-order valence-electron chi connectivity index (χ0n) is 14.4. The van der Waals surface area contributed by atoms with Crippen LogP contribution in [-0.2, 0) is 4.74 Å². The average Bonchev–Trinajstić information content (AvgIpc) is 3.29. The van der Waals surface area contributed by atoms with Crippen LogP contribution in [0.2, 0.25) is 0 Å². The molecule has 1 fully saturated rings. The molecule has 1 N–H and O–H groups in total. The van der Waals surface area contributed by atoms with E-state index in [0.29, 0.717) is 35.9 Å². The average molecular weight is 359 g/mol. The molecule has 0 saturated carbocycles. The molecule has 4 rings (SSSR count). The quantitative estimate of drug-likeness (QED) is 0.771. The van der Waals surface area contributed by atoms with E-state index in [2.05, 4.69) is 20.1 Å². The lowest BCUT2D eigenvalue weighted by Gasteiger charge is -2.33. The summed E-state index contributed by atoms with van der Waals surface area (Å²) < 4.78 is 24.7. The first kappa shape index (κ1) is 16.6. The summed E-state index contributed by atoms with van der Waals surface area (Å²) in [5.74, 6) is 0.119. The number of rotatable bonds is 3. The highest BCUT2D eigenvalue weighted by Crippen LogP contribution is 2.27. The first-order valence-corrected chi connectivity index (χ1v) is 8.39. The zero-order valence-corrected chi connectivity index (χ0v) is 14.4. The smallest absolute Gasteiger partial charge is 0.257 e. The SMILES string of the molecule is CC(C)c1nc([C@@H]2COCCN2C(=O)c2cc(F)cc3[nH]cnc23)no1. The van der Waals surface area contributed by atoms with Crippen molar-refractivity contribution < 1.29 is 18.4 Å². The van der Waals surface area contributed by atoms with Crippen molar-refractivity contribution in [3.05, 3.63) is 41.6 Å². The van der Waals surface area contributed by atoms with Gasteiger partial charge in [-0.2, -0.15) is 4.98 Å². The van der Waals surface area contributed by atoms with E-state index < -0.39 is 11.9 Å². The number of hydrogen-bond acceptors (Lipinski definition) is 6. The van der Waals surface area contributed by atoms with Gasteiger partial charge in [0.2, 0.25) is 5.89 Å². The normalized spacial score (nSPS) is 18.0. The summed E-state index contributed by atoms with van der Waals surface area (Å²) in [5, 5.41) is 4.00. The Labute approximate surface area is 148 Å². The number of halogens is 1. The minimum absolute atomic E-state index is 0.0804. The summed E-state index contributed by atoms with van der Waals surface area (Å²) in [6.07, 6.45) is 1.44. The Kier molecular flexibility index (Phi) is 4.15. The van der Waals surface area contributed by atoms with Crippen LogP contribution in [0.25, 0.3) is 11.0 Å². The number of nitrogens with one attached hydrogen (secondary N) is 1. The second-order valence-electron chi connectivity index (χ2n) is 6.49. The van der Waals surface area contributed by atoms with Crippen LogP contribution >= 0.6 is 0 Å². The molecule has 9 heteroatoms. The van der Waals surface area contributed by atoms with E-state index in [0.717, 1.165) is 0 Å². The van der Waals surface area contributed by atoms with Crippen LogP contribution in [0.5, 0.6) is 0 Å². The van der Waals surface area contributed by atoms with Gasteiger partial charge in [-0.1, -0.05) is 19.0 Å². The Morgan fingerprint density at radius 2 is 2.27 bits per heavy atom. The van der Waals surface area contributed by atoms with Gasteiger partial charge in [-0.15, -0.1) is 0 Å². The van der Waals surface area contributed by atoms with E-state index in [4.69, 9.17) is 9.26 Å². The van der Waals surface area contributed by atoms with Crippen LogP contribution in [0.15, 0.2) is 23.0 Å². The Bertz CT molecular complexity index is 951. The van der Waals surface area contributed by atoms with Crippen molar-refractivity contribution in [2.75, 3.05) is 19.8 Å². The number of aromatic amines is 1. The predicted molar refractivity (Wildman–Crippen MR) is 89.0 cm³/mol. The summed E-state index contributed by atoms with van der Waals surface area (Å²) in [5.41, 5.74) is 1.10. The number of H-pyrrole nitrogens is 1. The Morgan fingerprint density at radius 3 is 3.04 bits per heavy atom. The van der Waals surface area contributed by atoms with Crippen LogP contribution in [0, 0.1) is 5.82 Å². The van der Waals surface area contributed by atoms with Crippen molar-refractivity contribution in [1.82, 2.24) is 25.0 Å². The molecule has 26 heavy (non-hydrogen) atoms. The third-order valence-corrected chi connectivity index (χ3v) is 4.36. The van der Waals surface area contributed by atoms with Gasteiger partial charge in [0.15, 0.2) is 5.82 Å². The summed E-state index contributed by atoms with van der Waals surface area (Å²) in [6.45, 7) is 4.87. The van der Waals surface area contributed by atoms with Crippen LogP contribution in [0.3, 0.4) is 0 Å². The maximum absolute atomic E-state index is 13.9. The van der Waals surface area contributed by atoms with E-state index in [9.17, 15) is 9.18 Å². The van der Waals surface area contributed by atoms with Crippen molar-refractivity contribution in [3.63, 3.8) is 0 Å². The molecule has 136 valence electrons. The van der Waals surface area contributed by atoms with Gasteiger partial charge in [-0.25, -0.2) is 9.37 Å². The third-order valence-electron chi connectivity index (χ3n) is 4.36. The van der Waals surface area contributed by atoms with Gasteiger partial charge in [0, 0.05) is 12.5 Å². The summed E-state index contributed by atoms with van der Waals surface area (Å²) in [7, 11) is 0. The molecule has 3 aromatic rings. The number of carbonyl (C=O) groups excluding carboxylic acids is 1. The minimum atomic E-state index is -0.503. The summed E-state index contributed by atoms with van der Waals surface area (Å²) in [6, 6.07) is 2.02. The third kappa shape index (κ3) is 2.84. The van der Waals surface area contributed by atoms with E-state index in [1.165, 1.54) is 18.5 Å². The number of ether oxygens (including phenoxy) is 1. The number of hydrogen-bond donors (Lipinski definition) is 1. The molecule has 1 atom stereocenters. The lowest BCUT2D eigenvalue weighted by molar-refractivity contribution is -0.00569. The predicted octanol–water partition coefficient (Wildman–Crippen LogP) is 2.42. The first-order valence-electron chi connectivity index (χ1n) is 8.39. The highest BCUT2D eigenvalue weighted by molar-refractivity contribution is 6.05. The lowest BCUT2D eigenvalue weighted by Crippen LogP contribution is -2.44. The molecule has 1 amide bonds. The minimum Gasteiger partial charge on any atom is -0.377 e. The molecule has 0 bridgehead atoms. The molecule has 0 unspecified atom stereocenters. The number of benzene rings is 1. The molecule has 1 aliphatic rings. The summed E-state index contributed by atoms with van der Waals surface area (Å²) in [4.78, 5) is 26.1. The van der Waals surface area contributed by atoms with Gasteiger partial charge in [0.05, 0.1) is 30.6 Å². The van der Waals surface area contributed by atoms with Crippen LogP contribution in [0.4, 0.5) is 4.39 Å². The second kappa shape index (κ2) is 6.49. The van der Waals surface area contributed by atoms with E-state index in [1.54, 1.807) is 4.90 Å². The van der Waals surface area contributed by atoms with Gasteiger partial charge in [0.25, 0.3) is 5.91 Å². The molecule has 0 spiro atoms. The van der Waals surface area contributed by atoms with Gasteiger partial charge in [-0.05, 0) is 12.1 Å². The number of fused-ring (bicyclic) bond motifs is 1. The van der Waals surface area contributed by atoms with Crippen molar-refractivity contribution in [2.45, 2.75) is 25.8 Å².